The van der Waals surface area contributed by atoms with Crippen molar-refractivity contribution in [2.75, 3.05) is 0 Å². The maximum atomic E-state index is 11.2. The molecule has 23 heavy (non-hydrogen) atoms. The van der Waals surface area contributed by atoms with E-state index < -0.39 is 0 Å². The van der Waals surface area contributed by atoms with Crippen molar-refractivity contribution in [3.05, 3.63) is 63.5 Å². The third-order valence-electron chi connectivity index (χ3n) is 3.61. The first-order valence-corrected chi connectivity index (χ1v) is 8.57. The Bertz CT molecular complexity index is 1020. The molecule has 3 heterocycles. The lowest BCUT2D eigenvalue weighted by atomic mass is 10.1. The van der Waals surface area contributed by atoms with Gasteiger partial charge in [-0.3, -0.25) is 4.79 Å². The molecule has 0 N–H and O–H groups in total. The molecule has 0 saturated carbocycles. The Morgan fingerprint density at radius 2 is 2.09 bits per heavy atom. The maximum Gasteiger partial charge on any atom is 0.163 e. The highest BCUT2D eigenvalue weighted by molar-refractivity contribution is 9.10. The van der Waals surface area contributed by atoms with E-state index in [9.17, 15) is 4.79 Å². The van der Waals surface area contributed by atoms with Crippen LogP contribution in [0.1, 0.15) is 9.67 Å². The predicted octanol–water partition coefficient (Wildman–Crippen LogP) is 4.70. The fraction of sp³-hybridized carbons (Fsp3) is 0. The molecule has 3 aromatic heterocycles. The van der Waals surface area contributed by atoms with Gasteiger partial charge in [-0.2, -0.15) is 5.10 Å². The fourth-order valence-corrected chi connectivity index (χ4v) is 3.69. The summed E-state index contributed by atoms with van der Waals surface area (Å²) in [5.41, 5.74) is 4.47. The van der Waals surface area contributed by atoms with Crippen LogP contribution in [0.4, 0.5) is 0 Å². The predicted molar refractivity (Wildman–Crippen MR) is 94.8 cm³/mol. The van der Waals surface area contributed by atoms with E-state index in [4.69, 9.17) is 0 Å². The van der Waals surface area contributed by atoms with Crippen molar-refractivity contribution < 1.29 is 4.79 Å². The molecule has 0 aliphatic carbocycles. The van der Waals surface area contributed by atoms with Crippen LogP contribution >= 0.6 is 27.3 Å². The molecule has 0 spiro atoms. The quantitative estimate of drug-likeness (QED) is 0.481. The molecule has 0 aliphatic heterocycles. The zero-order chi connectivity index (χ0) is 15.8. The van der Waals surface area contributed by atoms with Crippen molar-refractivity contribution in [1.29, 1.82) is 0 Å². The second-order valence-electron chi connectivity index (χ2n) is 4.95. The van der Waals surface area contributed by atoms with Crippen LogP contribution in [0.25, 0.3) is 28.0 Å². The summed E-state index contributed by atoms with van der Waals surface area (Å²) in [5.74, 6) is 0. The van der Waals surface area contributed by atoms with Crippen LogP contribution in [0.3, 0.4) is 0 Å². The van der Waals surface area contributed by atoms with Crippen LogP contribution in [0.2, 0.25) is 0 Å². The number of thiophene rings is 1. The standard InChI is InChI=1S/C17H10BrN3OS/c18-12-3-1-2-11(8-12)15-4-6-19-17-14(9-20-21(15)17)13-5-7-23-16(13)10-22/h1-10H. The molecule has 0 fully saturated rings. The van der Waals surface area contributed by atoms with E-state index >= 15 is 0 Å². The zero-order valence-electron chi connectivity index (χ0n) is 11.8. The van der Waals surface area contributed by atoms with E-state index in [0.717, 1.165) is 38.8 Å². The van der Waals surface area contributed by atoms with Gasteiger partial charge in [0.1, 0.15) is 0 Å². The molecule has 0 aliphatic rings. The van der Waals surface area contributed by atoms with Gasteiger partial charge in [0.15, 0.2) is 11.9 Å². The number of halogens is 1. The first-order valence-electron chi connectivity index (χ1n) is 6.89. The summed E-state index contributed by atoms with van der Waals surface area (Å²) >= 11 is 4.92. The normalized spacial score (nSPS) is 11.0. The molecular weight excluding hydrogens is 374 g/mol. The lowest BCUT2D eigenvalue weighted by molar-refractivity contribution is 0.112. The minimum atomic E-state index is 0.689. The molecule has 4 rings (SSSR count). The number of rotatable bonds is 3. The SMILES string of the molecule is O=Cc1sccc1-c1cnn2c(-c3cccc(Br)c3)ccnc12. The summed E-state index contributed by atoms with van der Waals surface area (Å²) < 4.78 is 2.82. The summed E-state index contributed by atoms with van der Waals surface area (Å²) in [6.07, 6.45) is 4.41. The Kier molecular flexibility index (Phi) is 3.55. The minimum absolute atomic E-state index is 0.689. The third-order valence-corrected chi connectivity index (χ3v) is 4.95. The van der Waals surface area contributed by atoms with Crippen molar-refractivity contribution in [2.45, 2.75) is 0 Å². The number of nitrogens with zero attached hydrogens (tertiary/aromatic N) is 3. The van der Waals surface area contributed by atoms with Crippen LogP contribution in [0.15, 0.2) is 58.6 Å². The second-order valence-corrected chi connectivity index (χ2v) is 6.81. The Morgan fingerprint density at radius 3 is 2.91 bits per heavy atom. The molecule has 0 atom stereocenters. The summed E-state index contributed by atoms with van der Waals surface area (Å²) in [5, 5.41) is 6.39. The number of benzene rings is 1. The van der Waals surface area contributed by atoms with Gasteiger partial charge in [-0.1, -0.05) is 28.1 Å². The van der Waals surface area contributed by atoms with Gasteiger partial charge in [-0.25, -0.2) is 9.50 Å². The fourth-order valence-electron chi connectivity index (χ4n) is 2.58. The van der Waals surface area contributed by atoms with E-state index in [1.165, 1.54) is 11.3 Å². The molecule has 0 saturated heterocycles. The lowest BCUT2D eigenvalue weighted by Crippen LogP contribution is -1.95. The first-order chi connectivity index (χ1) is 11.3. The Balaban J connectivity index is 1.95. The van der Waals surface area contributed by atoms with Gasteiger partial charge in [-0.15, -0.1) is 11.3 Å². The molecule has 4 aromatic rings. The number of carbonyl (C=O) groups excluding carboxylic acids is 1. The van der Waals surface area contributed by atoms with Gasteiger partial charge in [0.2, 0.25) is 0 Å². The Labute approximate surface area is 144 Å². The van der Waals surface area contributed by atoms with Crippen molar-refractivity contribution in [3.8, 4) is 22.4 Å². The van der Waals surface area contributed by atoms with Gasteiger partial charge in [0.05, 0.1) is 16.8 Å². The van der Waals surface area contributed by atoms with Gasteiger partial charge in [-0.05, 0) is 29.6 Å². The zero-order valence-corrected chi connectivity index (χ0v) is 14.2. The van der Waals surface area contributed by atoms with Crippen molar-refractivity contribution in [2.24, 2.45) is 0 Å². The largest absolute Gasteiger partial charge is 0.297 e. The monoisotopic (exact) mass is 383 g/mol. The van der Waals surface area contributed by atoms with E-state index in [1.807, 2.05) is 46.3 Å². The van der Waals surface area contributed by atoms with Gasteiger partial charge >= 0.3 is 0 Å². The lowest BCUT2D eigenvalue weighted by Gasteiger charge is -2.05. The van der Waals surface area contributed by atoms with Crippen molar-refractivity contribution in [3.63, 3.8) is 0 Å². The van der Waals surface area contributed by atoms with Crippen LogP contribution in [0.5, 0.6) is 0 Å². The number of aldehydes is 1. The van der Waals surface area contributed by atoms with Gasteiger partial charge < -0.3 is 0 Å². The molecule has 0 radical (unpaired) electrons. The second kappa shape index (κ2) is 5.72. The topological polar surface area (TPSA) is 47.3 Å². The highest BCUT2D eigenvalue weighted by Gasteiger charge is 2.15. The minimum Gasteiger partial charge on any atom is -0.297 e. The number of fused-ring (bicyclic) bond motifs is 1. The van der Waals surface area contributed by atoms with Gasteiger partial charge in [0, 0.05) is 27.4 Å². The number of hydrogen-bond acceptors (Lipinski definition) is 4. The number of aromatic nitrogens is 3. The number of carbonyl (C=O) groups is 1. The highest BCUT2D eigenvalue weighted by atomic mass is 79.9. The van der Waals surface area contributed by atoms with Crippen LogP contribution in [-0.2, 0) is 0 Å². The van der Waals surface area contributed by atoms with Crippen LogP contribution in [-0.4, -0.2) is 20.9 Å². The smallest absolute Gasteiger partial charge is 0.163 e. The Morgan fingerprint density at radius 1 is 1.17 bits per heavy atom. The molecule has 0 bridgehead atoms. The molecule has 6 heteroatoms. The first kappa shape index (κ1) is 14.3. The van der Waals surface area contributed by atoms with Crippen molar-refractivity contribution >= 4 is 39.2 Å². The average Bonchev–Trinajstić information content (AvgIpc) is 3.20. The average molecular weight is 384 g/mol. The summed E-state index contributed by atoms with van der Waals surface area (Å²) in [7, 11) is 0. The third kappa shape index (κ3) is 2.40. The summed E-state index contributed by atoms with van der Waals surface area (Å²) in [6, 6.07) is 11.9. The summed E-state index contributed by atoms with van der Waals surface area (Å²) in [4.78, 5) is 16.4. The molecule has 4 nitrogen and oxygen atoms in total. The maximum absolute atomic E-state index is 11.2. The van der Waals surface area contributed by atoms with Crippen LogP contribution < -0.4 is 0 Å². The molecule has 1 aromatic carbocycles. The molecular formula is C17H10BrN3OS. The van der Waals surface area contributed by atoms with E-state index in [1.54, 1.807) is 12.4 Å². The Hall–Kier alpha value is -2.31. The van der Waals surface area contributed by atoms with E-state index in [0.29, 0.717) is 4.88 Å². The molecule has 0 unspecified atom stereocenters. The van der Waals surface area contributed by atoms with E-state index in [2.05, 4.69) is 26.0 Å². The van der Waals surface area contributed by atoms with Crippen LogP contribution in [0, 0.1) is 0 Å². The summed E-state index contributed by atoms with van der Waals surface area (Å²) in [6.45, 7) is 0. The number of hydrogen-bond donors (Lipinski definition) is 0. The molecule has 0 amide bonds. The van der Waals surface area contributed by atoms with E-state index in [-0.39, 0.29) is 0 Å². The highest BCUT2D eigenvalue weighted by Crippen LogP contribution is 2.31. The molecule has 112 valence electrons. The van der Waals surface area contributed by atoms with Crippen molar-refractivity contribution in [1.82, 2.24) is 14.6 Å². The van der Waals surface area contributed by atoms with Gasteiger partial charge in [0.25, 0.3) is 0 Å².